The van der Waals surface area contributed by atoms with Crippen LogP contribution in [0.25, 0.3) is 0 Å². The average Bonchev–Trinajstić information content (AvgIpc) is 2.65. The van der Waals surface area contributed by atoms with Crippen molar-refractivity contribution in [3.63, 3.8) is 0 Å². The molecule has 1 heterocycles. The number of hydrogen-bond donors (Lipinski definition) is 1. The Labute approximate surface area is 159 Å². The number of carbonyl (C=O) groups excluding carboxylic acids is 1. The maximum Gasteiger partial charge on any atom is 0.278 e. The zero-order valence-electron chi connectivity index (χ0n) is 14.3. The van der Waals surface area contributed by atoms with E-state index in [4.69, 9.17) is 9.47 Å². The average molecular weight is 417 g/mol. The summed E-state index contributed by atoms with van der Waals surface area (Å²) in [6, 6.07) is 11.4. The number of methoxy groups -OCH3 is 1. The van der Waals surface area contributed by atoms with Crippen LogP contribution in [0.3, 0.4) is 0 Å². The number of carbonyl (C=O) groups is 1. The minimum atomic E-state index is -0.461. The molecule has 0 atom stereocenters. The van der Waals surface area contributed by atoms with Gasteiger partial charge in [-0.3, -0.25) is 4.79 Å². The Balaban J connectivity index is 2.03. The number of hydrazone groups is 1. The predicted molar refractivity (Wildman–Crippen MR) is 99.8 cm³/mol. The number of benzene rings is 1. The summed E-state index contributed by atoms with van der Waals surface area (Å²) in [4.78, 5) is 16.1. The smallest absolute Gasteiger partial charge is 0.278 e. The first-order valence-electron chi connectivity index (χ1n) is 7.64. The van der Waals surface area contributed by atoms with E-state index in [2.05, 4.69) is 31.4 Å². The van der Waals surface area contributed by atoms with Gasteiger partial charge in [0.2, 0.25) is 5.88 Å². The van der Waals surface area contributed by atoms with Crippen LogP contribution in [0.2, 0.25) is 0 Å². The summed E-state index contributed by atoms with van der Waals surface area (Å²) >= 11 is 3.40. The second-order valence-electron chi connectivity index (χ2n) is 5.21. The predicted octanol–water partition coefficient (Wildman–Crippen LogP) is 2.70. The van der Waals surface area contributed by atoms with Gasteiger partial charge in [-0.2, -0.15) is 10.4 Å². The molecule has 1 N–H and O–H groups in total. The summed E-state index contributed by atoms with van der Waals surface area (Å²) in [5, 5.41) is 13.3. The van der Waals surface area contributed by atoms with Gasteiger partial charge in [0.1, 0.15) is 11.6 Å². The van der Waals surface area contributed by atoms with Gasteiger partial charge in [-0.25, -0.2) is 10.4 Å². The van der Waals surface area contributed by atoms with E-state index in [-0.39, 0.29) is 24.7 Å². The molecule has 0 bridgehead atoms. The van der Waals surface area contributed by atoms with Crippen molar-refractivity contribution >= 4 is 28.1 Å². The second-order valence-corrected chi connectivity index (χ2v) is 6.00. The number of nitriles is 1. The maximum atomic E-state index is 11.9. The van der Waals surface area contributed by atoms with Crippen molar-refractivity contribution < 1.29 is 14.3 Å². The third-order valence-electron chi connectivity index (χ3n) is 3.31. The first kappa shape index (κ1) is 19.6. The number of aromatic nitrogens is 1. The molecule has 8 heteroatoms. The Morgan fingerprint density at radius 2 is 2.15 bits per heavy atom. The summed E-state index contributed by atoms with van der Waals surface area (Å²) in [7, 11) is 1.53. The molecule has 0 aliphatic rings. The summed E-state index contributed by atoms with van der Waals surface area (Å²) in [6.45, 7) is 1.67. The van der Waals surface area contributed by atoms with Crippen LogP contribution in [0.15, 0.2) is 39.9 Å². The highest BCUT2D eigenvalue weighted by molar-refractivity contribution is 9.10. The van der Waals surface area contributed by atoms with Gasteiger partial charge in [-0.15, -0.1) is 0 Å². The lowest BCUT2D eigenvalue weighted by Crippen LogP contribution is -2.25. The number of ether oxygens (including phenoxy) is 2. The number of halogens is 1. The van der Waals surface area contributed by atoms with Crippen molar-refractivity contribution in [1.29, 1.82) is 5.26 Å². The van der Waals surface area contributed by atoms with E-state index in [0.29, 0.717) is 15.7 Å². The first-order valence-corrected chi connectivity index (χ1v) is 8.43. The summed E-state index contributed by atoms with van der Waals surface area (Å²) in [5.41, 5.74) is 4.71. The Kier molecular flexibility index (Phi) is 7.26. The molecule has 0 aliphatic heterocycles. The fourth-order valence-corrected chi connectivity index (χ4v) is 2.50. The van der Waals surface area contributed by atoms with Gasteiger partial charge in [0.05, 0.1) is 18.5 Å². The molecule has 2 aromatic rings. The van der Waals surface area contributed by atoms with Crippen LogP contribution in [0, 0.1) is 18.3 Å². The lowest BCUT2D eigenvalue weighted by molar-refractivity contribution is -0.123. The van der Waals surface area contributed by atoms with Crippen molar-refractivity contribution in [2.45, 2.75) is 13.5 Å². The Hall–Kier alpha value is -2.76. The lowest BCUT2D eigenvalue weighted by atomic mass is 10.1. The quantitative estimate of drug-likeness (QED) is 0.552. The van der Waals surface area contributed by atoms with Crippen molar-refractivity contribution in [1.82, 2.24) is 10.4 Å². The maximum absolute atomic E-state index is 11.9. The van der Waals surface area contributed by atoms with Crippen LogP contribution < -0.4 is 10.2 Å². The highest BCUT2D eigenvalue weighted by Gasteiger charge is 2.18. The second kappa shape index (κ2) is 9.65. The number of aryl methyl sites for hydroxylation is 1. The SMILES string of the molecule is COCc1c(Br)c(C)nc(OCC(=O)N/N=C\c2ccccc2)c1C#N. The van der Waals surface area contributed by atoms with Crippen LogP contribution in [-0.2, 0) is 16.1 Å². The van der Waals surface area contributed by atoms with Gasteiger partial charge in [0.25, 0.3) is 5.91 Å². The molecule has 1 aromatic heterocycles. The molecule has 0 spiro atoms. The Morgan fingerprint density at radius 3 is 2.81 bits per heavy atom. The Morgan fingerprint density at radius 1 is 1.42 bits per heavy atom. The number of rotatable bonds is 7. The molecular formula is C18H17BrN4O3. The van der Waals surface area contributed by atoms with Crippen molar-refractivity contribution in [3.8, 4) is 11.9 Å². The zero-order valence-corrected chi connectivity index (χ0v) is 15.9. The third kappa shape index (κ3) is 5.12. The molecular weight excluding hydrogens is 400 g/mol. The van der Waals surface area contributed by atoms with Gasteiger partial charge in [-0.1, -0.05) is 30.3 Å². The van der Waals surface area contributed by atoms with E-state index >= 15 is 0 Å². The van der Waals surface area contributed by atoms with Crippen LogP contribution in [0.5, 0.6) is 5.88 Å². The molecule has 1 amide bonds. The molecule has 7 nitrogen and oxygen atoms in total. The molecule has 0 saturated heterocycles. The van der Waals surface area contributed by atoms with E-state index in [9.17, 15) is 10.1 Å². The summed E-state index contributed by atoms with van der Waals surface area (Å²) in [6.07, 6.45) is 1.53. The van der Waals surface area contributed by atoms with Gasteiger partial charge in [0.15, 0.2) is 6.61 Å². The van der Waals surface area contributed by atoms with Crippen molar-refractivity contribution in [2.75, 3.05) is 13.7 Å². The number of nitrogens with one attached hydrogen (secondary N) is 1. The molecule has 1 aromatic carbocycles. The number of hydrogen-bond acceptors (Lipinski definition) is 6. The van der Waals surface area contributed by atoms with Crippen LogP contribution >= 0.6 is 15.9 Å². The number of amides is 1. The zero-order chi connectivity index (χ0) is 18.9. The summed E-state index contributed by atoms with van der Waals surface area (Å²) in [5.74, 6) is -0.376. The fourth-order valence-electron chi connectivity index (χ4n) is 2.10. The molecule has 26 heavy (non-hydrogen) atoms. The molecule has 2 rings (SSSR count). The van der Waals surface area contributed by atoms with Crippen LogP contribution in [0.1, 0.15) is 22.4 Å². The van der Waals surface area contributed by atoms with Gasteiger partial charge in [0, 0.05) is 17.1 Å². The van der Waals surface area contributed by atoms with E-state index in [0.717, 1.165) is 5.56 Å². The largest absolute Gasteiger partial charge is 0.467 e. The molecule has 0 aliphatic carbocycles. The van der Waals surface area contributed by atoms with Crippen molar-refractivity contribution in [3.05, 3.63) is 57.2 Å². The molecule has 0 saturated carbocycles. The Bertz CT molecular complexity index is 848. The normalized spacial score (nSPS) is 10.5. The number of nitrogens with zero attached hydrogens (tertiary/aromatic N) is 3. The lowest BCUT2D eigenvalue weighted by Gasteiger charge is -2.13. The van der Waals surface area contributed by atoms with Gasteiger partial charge >= 0.3 is 0 Å². The summed E-state index contributed by atoms with van der Waals surface area (Å²) < 4.78 is 11.2. The third-order valence-corrected chi connectivity index (χ3v) is 4.36. The van der Waals surface area contributed by atoms with Gasteiger partial charge in [-0.05, 0) is 28.4 Å². The van der Waals surface area contributed by atoms with E-state index in [1.165, 1.54) is 13.3 Å². The van der Waals surface area contributed by atoms with Gasteiger partial charge < -0.3 is 9.47 Å². The number of pyridine rings is 1. The molecule has 134 valence electrons. The van der Waals surface area contributed by atoms with Crippen LogP contribution in [0.4, 0.5) is 0 Å². The van der Waals surface area contributed by atoms with Crippen LogP contribution in [-0.4, -0.2) is 30.8 Å². The van der Waals surface area contributed by atoms with E-state index in [1.54, 1.807) is 6.92 Å². The molecule has 0 unspecified atom stereocenters. The van der Waals surface area contributed by atoms with E-state index < -0.39 is 5.91 Å². The minimum absolute atomic E-state index is 0.0856. The monoisotopic (exact) mass is 416 g/mol. The standard InChI is InChI=1S/C18H17BrN4O3/c1-12-17(19)15(10-25-2)14(8-20)18(22-12)26-11-16(24)23-21-9-13-6-4-3-5-7-13/h3-7,9H,10-11H2,1-2H3,(H,23,24)/b21-9-. The first-order chi connectivity index (χ1) is 12.6. The molecule has 0 radical (unpaired) electrons. The molecule has 0 fully saturated rings. The minimum Gasteiger partial charge on any atom is -0.467 e. The highest BCUT2D eigenvalue weighted by atomic mass is 79.9. The topological polar surface area (TPSA) is 96.6 Å². The van der Waals surface area contributed by atoms with E-state index in [1.807, 2.05) is 36.4 Å². The van der Waals surface area contributed by atoms with Crippen molar-refractivity contribution in [2.24, 2.45) is 5.10 Å². The highest BCUT2D eigenvalue weighted by Crippen LogP contribution is 2.29. The fraction of sp³-hybridized carbons (Fsp3) is 0.222.